The van der Waals surface area contributed by atoms with Gasteiger partial charge >= 0.3 is 0 Å². The van der Waals surface area contributed by atoms with Crippen LogP contribution in [0.4, 0.5) is 0 Å². The van der Waals surface area contributed by atoms with E-state index in [1.54, 1.807) is 20.3 Å². The highest BCUT2D eigenvalue weighted by Gasteiger charge is 2.15. The quantitative estimate of drug-likeness (QED) is 0.815. The van der Waals surface area contributed by atoms with Gasteiger partial charge in [0, 0.05) is 24.8 Å². The molecular formula is C16H21NO4. The first-order chi connectivity index (χ1) is 10.2. The number of methoxy groups -OCH3 is 2. The minimum absolute atomic E-state index is 0.143. The van der Waals surface area contributed by atoms with E-state index in [0.29, 0.717) is 12.3 Å². The van der Waals surface area contributed by atoms with Crippen molar-refractivity contribution in [3.05, 3.63) is 29.8 Å². The number of benzene rings is 1. The smallest absolute Gasteiger partial charge is 0.244 e. The third-order valence-electron chi connectivity index (χ3n) is 3.38. The number of hydrogen-bond donors (Lipinski definition) is 1. The zero-order valence-electron chi connectivity index (χ0n) is 12.4. The molecule has 1 atom stereocenters. The Labute approximate surface area is 124 Å². The maximum absolute atomic E-state index is 11.8. The van der Waals surface area contributed by atoms with Crippen molar-refractivity contribution in [2.24, 2.45) is 0 Å². The molecule has 1 aromatic carbocycles. The molecule has 1 amide bonds. The molecule has 114 valence electrons. The Bertz CT molecular complexity index is 507. The van der Waals surface area contributed by atoms with Gasteiger partial charge in [-0.3, -0.25) is 4.79 Å². The molecule has 5 heteroatoms. The second kappa shape index (κ2) is 7.69. The van der Waals surface area contributed by atoms with Crippen molar-refractivity contribution in [3.63, 3.8) is 0 Å². The van der Waals surface area contributed by atoms with Crippen molar-refractivity contribution in [2.75, 3.05) is 27.4 Å². The normalized spacial score (nSPS) is 17.9. The molecule has 0 aromatic heterocycles. The van der Waals surface area contributed by atoms with Crippen molar-refractivity contribution in [1.29, 1.82) is 0 Å². The first-order valence-electron chi connectivity index (χ1n) is 7.02. The molecule has 0 radical (unpaired) electrons. The fourth-order valence-electron chi connectivity index (χ4n) is 2.21. The van der Waals surface area contributed by atoms with Gasteiger partial charge in [0.05, 0.1) is 20.3 Å². The Balaban J connectivity index is 1.94. The maximum atomic E-state index is 11.8. The van der Waals surface area contributed by atoms with Gasteiger partial charge in [-0.25, -0.2) is 0 Å². The van der Waals surface area contributed by atoms with Gasteiger partial charge in [-0.2, -0.15) is 0 Å². The summed E-state index contributed by atoms with van der Waals surface area (Å²) in [6.07, 6.45) is 5.43. The summed E-state index contributed by atoms with van der Waals surface area (Å²) in [6.45, 7) is 1.34. The topological polar surface area (TPSA) is 56.8 Å². The van der Waals surface area contributed by atoms with Gasteiger partial charge in [-0.05, 0) is 37.1 Å². The number of hydrogen-bond acceptors (Lipinski definition) is 4. The van der Waals surface area contributed by atoms with E-state index in [4.69, 9.17) is 14.2 Å². The average molecular weight is 291 g/mol. The van der Waals surface area contributed by atoms with Crippen LogP contribution >= 0.6 is 0 Å². The highest BCUT2D eigenvalue weighted by atomic mass is 16.5. The molecule has 2 rings (SSSR count). The van der Waals surface area contributed by atoms with E-state index < -0.39 is 0 Å². The first kappa shape index (κ1) is 15.4. The summed E-state index contributed by atoms with van der Waals surface area (Å²) < 4.78 is 15.9. The molecule has 1 fully saturated rings. The number of rotatable bonds is 6. The number of nitrogens with one attached hydrogen (secondary N) is 1. The van der Waals surface area contributed by atoms with Crippen LogP contribution in [-0.4, -0.2) is 39.4 Å². The molecule has 0 unspecified atom stereocenters. The summed E-state index contributed by atoms with van der Waals surface area (Å²) in [4.78, 5) is 11.8. The van der Waals surface area contributed by atoms with Crippen molar-refractivity contribution in [2.45, 2.75) is 18.9 Å². The van der Waals surface area contributed by atoms with Crippen LogP contribution in [0.15, 0.2) is 24.3 Å². The molecule has 0 aliphatic carbocycles. The number of carbonyl (C=O) groups is 1. The first-order valence-corrected chi connectivity index (χ1v) is 7.02. The van der Waals surface area contributed by atoms with E-state index >= 15 is 0 Å². The standard InChI is InChI=1S/C16H21NO4/c1-19-13-6-7-15(20-2)12(10-13)5-8-16(18)17-11-14-4-3-9-21-14/h5-8,10,14H,3-4,9,11H2,1-2H3,(H,17,18)/b8-5+/t14-/m0/s1. The average Bonchev–Trinajstić information content (AvgIpc) is 3.04. The van der Waals surface area contributed by atoms with Crippen LogP contribution in [0.2, 0.25) is 0 Å². The molecule has 0 saturated carbocycles. The van der Waals surface area contributed by atoms with Crippen LogP contribution < -0.4 is 14.8 Å². The maximum Gasteiger partial charge on any atom is 0.244 e. The predicted molar refractivity (Wildman–Crippen MR) is 80.6 cm³/mol. The lowest BCUT2D eigenvalue weighted by atomic mass is 10.1. The van der Waals surface area contributed by atoms with Gasteiger partial charge in [0.15, 0.2) is 0 Å². The third kappa shape index (κ3) is 4.49. The van der Waals surface area contributed by atoms with E-state index in [1.807, 2.05) is 18.2 Å². The SMILES string of the molecule is COc1ccc(OC)c(/C=C/C(=O)NC[C@@H]2CCCO2)c1. The molecule has 1 saturated heterocycles. The predicted octanol–water partition coefficient (Wildman–Crippen LogP) is 2.01. The van der Waals surface area contributed by atoms with Gasteiger partial charge in [-0.1, -0.05) is 0 Å². The van der Waals surface area contributed by atoms with Gasteiger partial charge in [0.1, 0.15) is 11.5 Å². The van der Waals surface area contributed by atoms with Crippen molar-refractivity contribution in [3.8, 4) is 11.5 Å². The van der Waals surface area contributed by atoms with E-state index in [0.717, 1.165) is 30.8 Å². The second-order valence-corrected chi connectivity index (χ2v) is 4.82. The molecule has 1 aliphatic heterocycles. The number of ether oxygens (including phenoxy) is 3. The summed E-state index contributed by atoms with van der Waals surface area (Å²) in [5.41, 5.74) is 0.795. The summed E-state index contributed by atoms with van der Waals surface area (Å²) >= 11 is 0. The van der Waals surface area contributed by atoms with Crippen LogP contribution in [0.1, 0.15) is 18.4 Å². The summed E-state index contributed by atoms with van der Waals surface area (Å²) in [6, 6.07) is 5.44. The molecule has 1 aromatic rings. The highest BCUT2D eigenvalue weighted by molar-refractivity contribution is 5.92. The Hall–Kier alpha value is -2.01. The van der Waals surface area contributed by atoms with E-state index in [-0.39, 0.29) is 12.0 Å². The molecule has 21 heavy (non-hydrogen) atoms. The van der Waals surface area contributed by atoms with Gasteiger partial charge in [0.2, 0.25) is 5.91 Å². The summed E-state index contributed by atoms with van der Waals surface area (Å²) in [7, 11) is 3.19. The van der Waals surface area contributed by atoms with Crippen molar-refractivity contribution < 1.29 is 19.0 Å². The number of carbonyl (C=O) groups excluding carboxylic acids is 1. The monoisotopic (exact) mass is 291 g/mol. The molecule has 0 spiro atoms. The van der Waals surface area contributed by atoms with Crippen molar-refractivity contribution in [1.82, 2.24) is 5.32 Å². The van der Waals surface area contributed by atoms with Crippen LogP contribution in [0.25, 0.3) is 6.08 Å². The minimum atomic E-state index is -0.143. The fraction of sp³-hybridized carbons (Fsp3) is 0.438. The molecular weight excluding hydrogens is 270 g/mol. The zero-order valence-corrected chi connectivity index (χ0v) is 12.4. The third-order valence-corrected chi connectivity index (χ3v) is 3.38. The van der Waals surface area contributed by atoms with Crippen LogP contribution in [0.5, 0.6) is 11.5 Å². The Morgan fingerprint density at radius 2 is 2.29 bits per heavy atom. The summed E-state index contributed by atoms with van der Waals surface area (Å²) in [5, 5.41) is 2.84. The van der Waals surface area contributed by atoms with Crippen LogP contribution in [-0.2, 0) is 9.53 Å². The van der Waals surface area contributed by atoms with Gasteiger partial charge in [0.25, 0.3) is 0 Å². The second-order valence-electron chi connectivity index (χ2n) is 4.82. The van der Waals surface area contributed by atoms with E-state index in [9.17, 15) is 4.79 Å². The highest BCUT2D eigenvalue weighted by Crippen LogP contribution is 2.24. The van der Waals surface area contributed by atoms with Gasteiger partial charge < -0.3 is 19.5 Å². The van der Waals surface area contributed by atoms with Crippen LogP contribution in [0.3, 0.4) is 0 Å². The zero-order chi connectivity index (χ0) is 15.1. The molecule has 5 nitrogen and oxygen atoms in total. The molecule has 1 N–H and O–H groups in total. The van der Waals surface area contributed by atoms with E-state index in [1.165, 1.54) is 6.08 Å². The lowest BCUT2D eigenvalue weighted by Gasteiger charge is -2.09. The largest absolute Gasteiger partial charge is 0.497 e. The van der Waals surface area contributed by atoms with E-state index in [2.05, 4.69) is 5.32 Å². The minimum Gasteiger partial charge on any atom is -0.497 e. The Morgan fingerprint density at radius 3 is 2.95 bits per heavy atom. The van der Waals surface area contributed by atoms with Gasteiger partial charge in [-0.15, -0.1) is 0 Å². The summed E-state index contributed by atoms with van der Waals surface area (Å²) in [5.74, 6) is 1.27. The molecule has 1 aliphatic rings. The van der Waals surface area contributed by atoms with Crippen molar-refractivity contribution >= 4 is 12.0 Å². The molecule has 0 bridgehead atoms. The Kier molecular flexibility index (Phi) is 5.63. The number of amides is 1. The fourth-order valence-corrected chi connectivity index (χ4v) is 2.21. The Morgan fingerprint density at radius 1 is 1.43 bits per heavy atom. The van der Waals surface area contributed by atoms with Crippen LogP contribution in [0, 0.1) is 0 Å². The lowest BCUT2D eigenvalue weighted by molar-refractivity contribution is -0.116. The molecule has 1 heterocycles. The lowest BCUT2D eigenvalue weighted by Crippen LogP contribution is -2.30.